The van der Waals surface area contributed by atoms with Crippen LogP contribution in [0, 0.1) is 6.92 Å². The summed E-state index contributed by atoms with van der Waals surface area (Å²) in [5.74, 6) is 0. The lowest BCUT2D eigenvalue weighted by Crippen LogP contribution is -2.51. The van der Waals surface area contributed by atoms with Gasteiger partial charge in [0.25, 0.3) is 0 Å². The third-order valence-electron chi connectivity index (χ3n) is 4.22. The van der Waals surface area contributed by atoms with E-state index in [1.807, 2.05) is 6.20 Å². The molecule has 0 spiro atoms. The Kier molecular flexibility index (Phi) is 4.96. The molecule has 1 aromatic rings. The first-order valence-electron chi connectivity index (χ1n) is 7.20. The molecule has 1 unspecified atom stereocenters. The summed E-state index contributed by atoms with van der Waals surface area (Å²) in [4.78, 5) is 4.83. The summed E-state index contributed by atoms with van der Waals surface area (Å²) in [6.07, 6.45) is 2.86. The monoisotopic (exact) mass is 266 g/mol. The van der Waals surface area contributed by atoms with Gasteiger partial charge in [-0.25, -0.2) is 0 Å². The molecule has 0 aromatic carbocycles. The van der Waals surface area contributed by atoms with Crippen molar-refractivity contribution in [1.29, 1.82) is 0 Å². The first-order valence-corrected chi connectivity index (χ1v) is 7.20. The van der Waals surface area contributed by atoms with Gasteiger partial charge in [-0.2, -0.15) is 5.10 Å². The lowest BCUT2D eigenvalue weighted by molar-refractivity contribution is 0.0742. The quantitative estimate of drug-likeness (QED) is 0.852. The highest BCUT2D eigenvalue weighted by Crippen LogP contribution is 2.16. The molecule has 1 fully saturated rings. The van der Waals surface area contributed by atoms with Gasteiger partial charge < -0.3 is 10.0 Å². The third kappa shape index (κ3) is 3.35. The van der Waals surface area contributed by atoms with Gasteiger partial charge in [-0.05, 0) is 27.3 Å². The van der Waals surface area contributed by atoms with Crippen molar-refractivity contribution in [2.24, 2.45) is 0 Å². The normalized spacial score (nSPS) is 22.0. The highest BCUT2D eigenvalue weighted by molar-refractivity contribution is 5.16. The number of hydrogen-bond acceptors (Lipinski definition) is 4. The highest BCUT2D eigenvalue weighted by atomic mass is 16.3. The molecule has 2 rings (SSSR count). The molecule has 1 aliphatic heterocycles. The van der Waals surface area contributed by atoms with Crippen LogP contribution in [-0.2, 0) is 13.1 Å². The van der Waals surface area contributed by atoms with Gasteiger partial charge >= 0.3 is 0 Å². The molecular weight excluding hydrogens is 240 g/mol. The predicted octanol–water partition coefficient (Wildman–Crippen LogP) is 0.710. The van der Waals surface area contributed by atoms with E-state index in [-0.39, 0.29) is 6.61 Å². The fraction of sp³-hybridized carbons (Fsp3) is 0.786. The fourth-order valence-electron chi connectivity index (χ4n) is 2.81. The maximum absolute atomic E-state index is 9.13. The Morgan fingerprint density at radius 3 is 2.84 bits per heavy atom. The zero-order valence-corrected chi connectivity index (χ0v) is 12.3. The van der Waals surface area contributed by atoms with Gasteiger partial charge in [0.15, 0.2) is 0 Å². The fourth-order valence-corrected chi connectivity index (χ4v) is 2.81. The van der Waals surface area contributed by atoms with Crippen molar-refractivity contribution in [3.05, 3.63) is 17.5 Å². The van der Waals surface area contributed by atoms with E-state index in [0.29, 0.717) is 6.04 Å². The summed E-state index contributed by atoms with van der Waals surface area (Å²) >= 11 is 0. The molecule has 108 valence electrons. The number of aliphatic hydroxyl groups excluding tert-OH is 1. The Morgan fingerprint density at radius 2 is 2.21 bits per heavy atom. The number of likely N-dealkylation sites (N-methyl/N-ethyl adjacent to an activating group) is 1. The van der Waals surface area contributed by atoms with Gasteiger partial charge in [0.05, 0.1) is 6.20 Å². The van der Waals surface area contributed by atoms with E-state index >= 15 is 0 Å². The van der Waals surface area contributed by atoms with Crippen LogP contribution >= 0.6 is 0 Å². The van der Waals surface area contributed by atoms with Crippen molar-refractivity contribution in [1.82, 2.24) is 19.6 Å². The highest BCUT2D eigenvalue weighted by Gasteiger charge is 2.24. The van der Waals surface area contributed by atoms with E-state index in [0.717, 1.165) is 39.1 Å². The number of nitrogens with zero attached hydrogens (tertiary/aromatic N) is 4. The standard InChI is InChI=1S/C14H26N4O/c1-4-18-12(2)13(9-15-18)10-17-7-6-16(3)14(11-17)5-8-19/h9,14,19H,4-8,10-11H2,1-3H3. The molecule has 1 atom stereocenters. The van der Waals surface area contributed by atoms with Crippen molar-refractivity contribution >= 4 is 0 Å². The first-order chi connectivity index (χ1) is 9.15. The minimum Gasteiger partial charge on any atom is -0.396 e. The van der Waals surface area contributed by atoms with Crippen LogP contribution in [0.1, 0.15) is 24.6 Å². The van der Waals surface area contributed by atoms with E-state index in [9.17, 15) is 0 Å². The molecule has 0 amide bonds. The van der Waals surface area contributed by atoms with Crippen LogP contribution in [0.5, 0.6) is 0 Å². The van der Waals surface area contributed by atoms with Crippen molar-refractivity contribution in [2.45, 2.75) is 39.4 Å². The molecule has 19 heavy (non-hydrogen) atoms. The Morgan fingerprint density at radius 1 is 1.42 bits per heavy atom. The van der Waals surface area contributed by atoms with Crippen LogP contribution in [0.2, 0.25) is 0 Å². The Balaban J connectivity index is 1.97. The summed E-state index contributed by atoms with van der Waals surface area (Å²) in [6.45, 7) is 9.65. The molecule has 0 saturated carbocycles. The minimum absolute atomic E-state index is 0.273. The van der Waals surface area contributed by atoms with Crippen molar-refractivity contribution in [3.8, 4) is 0 Å². The SMILES string of the molecule is CCn1ncc(CN2CCN(C)C(CCO)C2)c1C. The zero-order valence-electron chi connectivity index (χ0n) is 12.3. The predicted molar refractivity (Wildman–Crippen MR) is 76.0 cm³/mol. The Labute approximate surface area is 115 Å². The molecule has 1 saturated heterocycles. The van der Waals surface area contributed by atoms with Crippen LogP contribution in [0.4, 0.5) is 0 Å². The summed E-state index contributed by atoms with van der Waals surface area (Å²) in [5, 5.41) is 13.5. The van der Waals surface area contributed by atoms with Gasteiger partial charge in [-0.15, -0.1) is 0 Å². The molecule has 1 aromatic heterocycles. The van der Waals surface area contributed by atoms with Gasteiger partial charge in [0.2, 0.25) is 0 Å². The number of piperazine rings is 1. The van der Waals surface area contributed by atoms with Crippen molar-refractivity contribution in [2.75, 3.05) is 33.3 Å². The third-order valence-corrected chi connectivity index (χ3v) is 4.22. The van der Waals surface area contributed by atoms with Gasteiger partial charge in [0, 0.05) is 56.6 Å². The second-order valence-corrected chi connectivity index (χ2v) is 5.45. The van der Waals surface area contributed by atoms with Crippen LogP contribution in [0.15, 0.2) is 6.20 Å². The van der Waals surface area contributed by atoms with E-state index < -0.39 is 0 Å². The summed E-state index contributed by atoms with van der Waals surface area (Å²) in [5.41, 5.74) is 2.61. The molecular formula is C14H26N4O. The second kappa shape index (κ2) is 6.50. The molecule has 0 radical (unpaired) electrons. The van der Waals surface area contributed by atoms with E-state index in [2.05, 4.69) is 40.5 Å². The molecule has 0 aliphatic carbocycles. The molecule has 2 heterocycles. The van der Waals surface area contributed by atoms with E-state index in [4.69, 9.17) is 5.11 Å². The second-order valence-electron chi connectivity index (χ2n) is 5.45. The van der Waals surface area contributed by atoms with Crippen molar-refractivity contribution < 1.29 is 5.11 Å². The molecule has 1 aliphatic rings. The number of aromatic nitrogens is 2. The zero-order chi connectivity index (χ0) is 13.8. The van der Waals surface area contributed by atoms with Gasteiger partial charge in [0.1, 0.15) is 0 Å². The number of aliphatic hydroxyl groups is 1. The average Bonchev–Trinajstić information content (AvgIpc) is 2.75. The van der Waals surface area contributed by atoms with Gasteiger partial charge in [-0.1, -0.05) is 0 Å². The van der Waals surface area contributed by atoms with E-state index in [1.165, 1.54) is 11.3 Å². The largest absolute Gasteiger partial charge is 0.396 e. The lowest BCUT2D eigenvalue weighted by Gasteiger charge is -2.39. The summed E-state index contributed by atoms with van der Waals surface area (Å²) < 4.78 is 2.05. The molecule has 5 nitrogen and oxygen atoms in total. The molecule has 0 bridgehead atoms. The minimum atomic E-state index is 0.273. The Hall–Kier alpha value is -0.910. The van der Waals surface area contributed by atoms with Crippen LogP contribution < -0.4 is 0 Å². The van der Waals surface area contributed by atoms with Gasteiger partial charge in [-0.3, -0.25) is 9.58 Å². The van der Waals surface area contributed by atoms with E-state index in [1.54, 1.807) is 0 Å². The maximum atomic E-state index is 9.13. The lowest BCUT2D eigenvalue weighted by atomic mass is 10.1. The number of rotatable bonds is 5. The Bertz CT molecular complexity index is 404. The smallest absolute Gasteiger partial charge is 0.0537 e. The number of hydrogen-bond donors (Lipinski definition) is 1. The average molecular weight is 266 g/mol. The van der Waals surface area contributed by atoms with Crippen LogP contribution in [0.3, 0.4) is 0 Å². The molecule has 5 heteroatoms. The van der Waals surface area contributed by atoms with Crippen molar-refractivity contribution in [3.63, 3.8) is 0 Å². The van der Waals surface area contributed by atoms with Crippen LogP contribution in [0.25, 0.3) is 0 Å². The number of aryl methyl sites for hydroxylation is 1. The molecule has 1 N–H and O–H groups in total. The summed E-state index contributed by atoms with van der Waals surface area (Å²) in [7, 11) is 2.15. The topological polar surface area (TPSA) is 44.5 Å². The maximum Gasteiger partial charge on any atom is 0.0537 e. The summed E-state index contributed by atoms with van der Waals surface area (Å²) in [6, 6.07) is 0.472. The first kappa shape index (κ1) is 14.5. The van der Waals surface area contributed by atoms with Crippen LogP contribution in [-0.4, -0.2) is 64.0 Å².